The van der Waals surface area contributed by atoms with Crippen molar-refractivity contribution in [3.05, 3.63) is 42.0 Å². The first-order valence-corrected chi connectivity index (χ1v) is 5.22. The maximum atomic E-state index is 9.30. The fourth-order valence-electron chi connectivity index (χ4n) is 1.40. The summed E-state index contributed by atoms with van der Waals surface area (Å²) in [7, 11) is 0. The smallest absolute Gasteiger partial charge is 0.111 e. The first kappa shape index (κ1) is 10.8. The van der Waals surface area contributed by atoms with Crippen LogP contribution in [0, 0.1) is 0 Å². The van der Waals surface area contributed by atoms with Crippen molar-refractivity contribution < 1.29 is 5.11 Å². The van der Waals surface area contributed by atoms with Crippen LogP contribution in [0.15, 0.2) is 30.7 Å². The lowest BCUT2D eigenvalue weighted by molar-refractivity contribution is 0.194. The van der Waals surface area contributed by atoms with Gasteiger partial charge >= 0.3 is 0 Å². The highest BCUT2D eigenvalue weighted by molar-refractivity contribution is 5.08. The molecule has 0 saturated heterocycles. The maximum Gasteiger partial charge on any atom is 0.111 e. The molecule has 2 heterocycles. The minimum atomic E-state index is -0.563. The summed E-state index contributed by atoms with van der Waals surface area (Å²) in [5.74, 6) is 0. The molecular weight excluding hydrogens is 204 g/mol. The number of hydrogen-bond donors (Lipinski definition) is 1. The second kappa shape index (κ2) is 4.85. The molecule has 1 unspecified atom stereocenters. The molecule has 5 nitrogen and oxygen atoms in total. The highest BCUT2D eigenvalue weighted by Crippen LogP contribution is 2.07. The van der Waals surface area contributed by atoms with E-state index in [1.807, 2.05) is 18.3 Å². The van der Waals surface area contributed by atoms with E-state index in [1.54, 1.807) is 24.0 Å². The molecule has 0 spiro atoms. The Labute approximate surface area is 93.8 Å². The summed E-state index contributed by atoms with van der Waals surface area (Å²) in [6, 6.07) is 3.94. The number of pyridine rings is 1. The van der Waals surface area contributed by atoms with Crippen LogP contribution in [0.4, 0.5) is 0 Å². The van der Waals surface area contributed by atoms with Crippen LogP contribution in [0.1, 0.15) is 24.3 Å². The van der Waals surface area contributed by atoms with E-state index in [2.05, 4.69) is 15.3 Å². The van der Waals surface area contributed by atoms with Crippen molar-refractivity contribution in [2.45, 2.75) is 26.0 Å². The van der Waals surface area contributed by atoms with E-state index in [9.17, 15) is 5.11 Å². The van der Waals surface area contributed by atoms with Gasteiger partial charge in [-0.3, -0.25) is 9.67 Å². The van der Waals surface area contributed by atoms with Crippen LogP contribution in [0.2, 0.25) is 0 Å². The summed E-state index contributed by atoms with van der Waals surface area (Å²) >= 11 is 0. The van der Waals surface area contributed by atoms with Crippen molar-refractivity contribution in [1.82, 2.24) is 20.0 Å². The van der Waals surface area contributed by atoms with Gasteiger partial charge in [0.2, 0.25) is 0 Å². The Morgan fingerprint density at radius 3 is 3.00 bits per heavy atom. The van der Waals surface area contributed by atoms with E-state index in [1.165, 1.54) is 0 Å². The lowest BCUT2D eigenvalue weighted by Crippen LogP contribution is -2.02. The monoisotopic (exact) mass is 218 g/mol. The third kappa shape index (κ3) is 2.64. The van der Waals surface area contributed by atoms with Gasteiger partial charge in [0.15, 0.2) is 0 Å². The van der Waals surface area contributed by atoms with Crippen LogP contribution in [0.5, 0.6) is 0 Å². The molecule has 1 atom stereocenters. The van der Waals surface area contributed by atoms with Gasteiger partial charge in [-0.05, 0) is 25.0 Å². The fourth-order valence-corrected chi connectivity index (χ4v) is 1.40. The highest BCUT2D eigenvalue weighted by Gasteiger charge is 2.05. The van der Waals surface area contributed by atoms with E-state index >= 15 is 0 Å². The molecule has 2 rings (SSSR count). The largest absolute Gasteiger partial charge is 0.387 e. The van der Waals surface area contributed by atoms with Gasteiger partial charge in [0, 0.05) is 18.9 Å². The first-order chi connectivity index (χ1) is 7.75. The normalized spacial score (nSPS) is 12.6. The highest BCUT2D eigenvalue weighted by atomic mass is 16.3. The Bertz CT molecular complexity index is 438. The van der Waals surface area contributed by atoms with Crippen molar-refractivity contribution in [1.29, 1.82) is 0 Å². The number of aromatic nitrogens is 4. The Hall–Kier alpha value is -1.75. The quantitative estimate of drug-likeness (QED) is 0.830. The minimum Gasteiger partial charge on any atom is -0.387 e. The number of nitrogens with zero attached hydrogens (tertiary/aromatic N) is 4. The van der Waals surface area contributed by atoms with Gasteiger partial charge in [0.05, 0.1) is 12.3 Å². The second-order valence-corrected chi connectivity index (χ2v) is 3.69. The number of aliphatic hydroxyl groups is 1. The Kier molecular flexibility index (Phi) is 3.26. The fraction of sp³-hybridized carbons (Fsp3) is 0.364. The van der Waals surface area contributed by atoms with Crippen molar-refractivity contribution in [2.75, 3.05) is 0 Å². The Balaban J connectivity index is 1.95. The van der Waals surface area contributed by atoms with Crippen molar-refractivity contribution >= 4 is 0 Å². The van der Waals surface area contributed by atoms with Crippen LogP contribution in [-0.2, 0) is 13.0 Å². The summed E-state index contributed by atoms with van der Waals surface area (Å²) in [5.41, 5.74) is 1.77. The molecule has 2 aromatic heterocycles. The molecule has 1 N–H and O–H groups in total. The maximum absolute atomic E-state index is 9.30. The molecule has 0 saturated carbocycles. The number of aryl methyl sites for hydroxylation is 2. The zero-order valence-electron chi connectivity index (χ0n) is 9.11. The number of aliphatic hydroxyl groups excluding tert-OH is 1. The summed E-state index contributed by atoms with van der Waals surface area (Å²) < 4.78 is 1.73. The molecule has 0 fully saturated rings. The zero-order chi connectivity index (χ0) is 11.4. The van der Waals surface area contributed by atoms with Crippen molar-refractivity contribution in [2.24, 2.45) is 0 Å². The van der Waals surface area contributed by atoms with E-state index in [0.29, 0.717) is 5.69 Å². The molecule has 0 aliphatic rings. The van der Waals surface area contributed by atoms with Gasteiger partial charge in [-0.25, -0.2) is 0 Å². The molecule has 2 aromatic rings. The number of rotatable bonds is 4. The van der Waals surface area contributed by atoms with Crippen LogP contribution < -0.4 is 0 Å². The lowest BCUT2D eigenvalue weighted by atomic mass is 10.2. The Morgan fingerprint density at radius 1 is 1.50 bits per heavy atom. The van der Waals surface area contributed by atoms with Crippen molar-refractivity contribution in [3.8, 4) is 0 Å². The van der Waals surface area contributed by atoms with Gasteiger partial charge < -0.3 is 5.11 Å². The Morgan fingerprint density at radius 2 is 2.38 bits per heavy atom. The summed E-state index contributed by atoms with van der Waals surface area (Å²) in [4.78, 5) is 4.05. The molecular formula is C11H14N4O. The predicted molar refractivity (Wildman–Crippen MR) is 58.6 cm³/mol. The average Bonchev–Trinajstić information content (AvgIpc) is 2.76. The molecule has 0 radical (unpaired) electrons. The predicted octanol–water partition coefficient (Wildman–Crippen LogP) is 0.969. The lowest BCUT2D eigenvalue weighted by Gasteiger charge is -2.00. The topological polar surface area (TPSA) is 63.8 Å². The van der Waals surface area contributed by atoms with Crippen LogP contribution >= 0.6 is 0 Å². The van der Waals surface area contributed by atoms with Gasteiger partial charge in [0.25, 0.3) is 0 Å². The molecule has 16 heavy (non-hydrogen) atoms. The van der Waals surface area contributed by atoms with Gasteiger partial charge in [-0.15, -0.1) is 5.10 Å². The van der Waals surface area contributed by atoms with Crippen LogP contribution in [-0.4, -0.2) is 25.1 Å². The molecule has 0 aromatic carbocycles. The molecule has 0 amide bonds. The standard InChI is InChI=1S/C11H14N4O/c1-9(16)11-8-15(14-13-11)6-4-10-3-2-5-12-7-10/h2-3,5,7-9,16H,4,6H2,1H3. The second-order valence-electron chi connectivity index (χ2n) is 3.69. The number of hydrogen-bond acceptors (Lipinski definition) is 4. The molecule has 0 bridgehead atoms. The van der Waals surface area contributed by atoms with E-state index < -0.39 is 6.10 Å². The first-order valence-electron chi connectivity index (χ1n) is 5.22. The van der Waals surface area contributed by atoms with Crippen molar-refractivity contribution in [3.63, 3.8) is 0 Å². The van der Waals surface area contributed by atoms with Crippen LogP contribution in [0.3, 0.4) is 0 Å². The molecule has 0 aliphatic carbocycles. The molecule has 0 aliphatic heterocycles. The summed E-state index contributed by atoms with van der Waals surface area (Å²) in [6.07, 6.45) is 5.65. The van der Waals surface area contributed by atoms with Gasteiger partial charge in [-0.2, -0.15) is 0 Å². The molecule has 84 valence electrons. The summed E-state index contributed by atoms with van der Waals surface area (Å²) in [6.45, 7) is 2.42. The minimum absolute atomic E-state index is 0.563. The van der Waals surface area contributed by atoms with Gasteiger partial charge in [-0.1, -0.05) is 11.3 Å². The van der Waals surface area contributed by atoms with Crippen LogP contribution in [0.25, 0.3) is 0 Å². The zero-order valence-corrected chi connectivity index (χ0v) is 9.11. The van der Waals surface area contributed by atoms with E-state index in [-0.39, 0.29) is 0 Å². The molecule has 5 heteroatoms. The summed E-state index contributed by atoms with van der Waals surface area (Å²) in [5, 5.41) is 17.1. The average molecular weight is 218 g/mol. The van der Waals surface area contributed by atoms with E-state index in [0.717, 1.165) is 18.5 Å². The van der Waals surface area contributed by atoms with E-state index in [4.69, 9.17) is 0 Å². The third-order valence-electron chi connectivity index (χ3n) is 2.34. The van der Waals surface area contributed by atoms with Gasteiger partial charge in [0.1, 0.15) is 5.69 Å². The third-order valence-corrected chi connectivity index (χ3v) is 2.34. The SMILES string of the molecule is CC(O)c1cn(CCc2cccnc2)nn1.